The predicted octanol–water partition coefficient (Wildman–Crippen LogP) is 4.26. The summed E-state index contributed by atoms with van der Waals surface area (Å²) >= 11 is 0. The van der Waals surface area contributed by atoms with Crippen molar-refractivity contribution in [3.63, 3.8) is 0 Å². The molecule has 0 spiro atoms. The SMILES string of the molecule is CCc1ccc(NC(=O)Nc2ccc(N3CCCCC3)c(C(=O)NCCOC)c2)cc1. The smallest absolute Gasteiger partial charge is 0.323 e. The maximum Gasteiger partial charge on any atom is 0.323 e. The van der Waals surface area contributed by atoms with E-state index in [9.17, 15) is 9.59 Å². The van der Waals surface area contributed by atoms with Crippen molar-refractivity contribution in [2.75, 3.05) is 48.9 Å². The van der Waals surface area contributed by atoms with Crippen LogP contribution >= 0.6 is 0 Å². The Morgan fingerprint density at radius 3 is 2.32 bits per heavy atom. The molecule has 2 aromatic rings. The van der Waals surface area contributed by atoms with Crippen LogP contribution in [0.5, 0.6) is 0 Å². The average molecular weight is 425 g/mol. The molecule has 1 aliphatic rings. The van der Waals surface area contributed by atoms with Gasteiger partial charge in [-0.05, 0) is 61.6 Å². The fraction of sp³-hybridized carbons (Fsp3) is 0.417. The first kappa shape index (κ1) is 22.6. The summed E-state index contributed by atoms with van der Waals surface area (Å²) in [5.74, 6) is -0.170. The summed E-state index contributed by atoms with van der Waals surface area (Å²) in [5.41, 5.74) is 3.96. The second kappa shape index (κ2) is 11.4. The summed E-state index contributed by atoms with van der Waals surface area (Å²) in [7, 11) is 1.60. The van der Waals surface area contributed by atoms with Crippen molar-refractivity contribution in [3.05, 3.63) is 53.6 Å². The molecule has 0 bridgehead atoms. The molecule has 0 saturated carbocycles. The van der Waals surface area contributed by atoms with Gasteiger partial charge < -0.3 is 25.6 Å². The average Bonchev–Trinajstić information content (AvgIpc) is 2.80. The minimum absolute atomic E-state index is 0.170. The minimum atomic E-state index is -0.347. The number of amides is 3. The van der Waals surface area contributed by atoms with E-state index >= 15 is 0 Å². The van der Waals surface area contributed by atoms with Gasteiger partial charge in [-0.2, -0.15) is 0 Å². The molecule has 1 saturated heterocycles. The number of piperidine rings is 1. The van der Waals surface area contributed by atoms with Crippen molar-refractivity contribution < 1.29 is 14.3 Å². The zero-order valence-corrected chi connectivity index (χ0v) is 18.4. The fourth-order valence-corrected chi connectivity index (χ4v) is 3.69. The summed E-state index contributed by atoms with van der Waals surface area (Å²) < 4.78 is 5.03. The molecule has 31 heavy (non-hydrogen) atoms. The zero-order valence-electron chi connectivity index (χ0n) is 18.4. The molecule has 166 valence electrons. The first-order valence-electron chi connectivity index (χ1n) is 10.9. The fourth-order valence-electron chi connectivity index (χ4n) is 3.69. The number of anilines is 3. The number of hydrogen-bond acceptors (Lipinski definition) is 4. The molecule has 0 aromatic heterocycles. The Hall–Kier alpha value is -3.06. The van der Waals surface area contributed by atoms with Gasteiger partial charge in [0.25, 0.3) is 5.91 Å². The van der Waals surface area contributed by atoms with Gasteiger partial charge in [0.15, 0.2) is 0 Å². The van der Waals surface area contributed by atoms with Crippen LogP contribution in [0, 0.1) is 0 Å². The predicted molar refractivity (Wildman–Crippen MR) is 125 cm³/mol. The number of nitrogens with one attached hydrogen (secondary N) is 3. The molecule has 0 atom stereocenters. The lowest BCUT2D eigenvalue weighted by Gasteiger charge is -2.30. The van der Waals surface area contributed by atoms with Crippen LogP contribution < -0.4 is 20.9 Å². The highest BCUT2D eigenvalue weighted by molar-refractivity contribution is 6.04. The molecule has 3 N–H and O–H groups in total. The van der Waals surface area contributed by atoms with Gasteiger partial charge in [0.2, 0.25) is 0 Å². The molecule has 7 nitrogen and oxygen atoms in total. The molecule has 7 heteroatoms. The summed E-state index contributed by atoms with van der Waals surface area (Å²) in [5, 5.41) is 8.56. The first-order chi connectivity index (χ1) is 15.1. The Morgan fingerprint density at radius 1 is 0.968 bits per heavy atom. The Morgan fingerprint density at radius 2 is 1.65 bits per heavy atom. The maximum absolute atomic E-state index is 12.9. The third-order valence-corrected chi connectivity index (χ3v) is 5.41. The second-order valence-electron chi connectivity index (χ2n) is 7.66. The van der Waals surface area contributed by atoms with Gasteiger partial charge in [0.1, 0.15) is 0 Å². The maximum atomic E-state index is 12.9. The van der Waals surface area contributed by atoms with Crippen molar-refractivity contribution in [1.82, 2.24) is 5.32 Å². The van der Waals surface area contributed by atoms with Gasteiger partial charge in [0.05, 0.1) is 12.2 Å². The normalized spacial score (nSPS) is 13.5. The van der Waals surface area contributed by atoms with Gasteiger partial charge in [-0.25, -0.2) is 4.79 Å². The van der Waals surface area contributed by atoms with Crippen LogP contribution in [0.15, 0.2) is 42.5 Å². The van der Waals surface area contributed by atoms with E-state index in [2.05, 4.69) is 27.8 Å². The number of nitrogens with zero attached hydrogens (tertiary/aromatic N) is 1. The third-order valence-electron chi connectivity index (χ3n) is 5.41. The second-order valence-corrected chi connectivity index (χ2v) is 7.66. The molecular formula is C24H32N4O3. The Bertz CT molecular complexity index is 877. The molecule has 3 rings (SSSR count). The molecule has 0 aliphatic carbocycles. The number of aryl methyl sites for hydroxylation is 1. The lowest BCUT2D eigenvalue weighted by atomic mass is 10.1. The number of rotatable bonds is 8. The van der Waals surface area contributed by atoms with E-state index < -0.39 is 0 Å². The molecular weight excluding hydrogens is 392 g/mol. The van der Waals surface area contributed by atoms with Gasteiger partial charge in [-0.3, -0.25) is 4.79 Å². The molecule has 3 amide bonds. The van der Waals surface area contributed by atoms with Crippen LogP contribution in [0.4, 0.5) is 21.9 Å². The highest BCUT2D eigenvalue weighted by Gasteiger charge is 2.19. The van der Waals surface area contributed by atoms with Gasteiger partial charge >= 0.3 is 6.03 Å². The molecule has 2 aromatic carbocycles. The number of urea groups is 1. The summed E-state index contributed by atoms with van der Waals surface area (Å²) in [6.45, 7) is 4.83. The van der Waals surface area contributed by atoms with E-state index in [0.29, 0.717) is 24.4 Å². The van der Waals surface area contributed by atoms with Crippen LogP contribution in [-0.4, -0.2) is 45.3 Å². The van der Waals surface area contributed by atoms with E-state index in [-0.39, 0.29) is 11.9 Å². The Kier molecular flexibility index (Phi) is 8.29. The number of hydrogen-bond donors (Lipinski definition) is 3. The van der Waals surface area contributed by atoms with Crippen molar-refractivity contribution in [3.8, 4) is 0 Å². The Labute approximate surface area is 184 Å². The third kappa shape index (κ3) is 6.46. The van der Waals surface area contributed by atoms with Crippen molar-refractivity contribution >= 4 is 29.0 Å². The molecule has 0 radical (unpaired) electrons. The van der Waals surface area contributed by atoms with Crippen LogP contribution in [0.25, 0.3) is 0 Å². The summed E-state index contributed by atoms with van der Waals surface area (Å²) in [6, 6.07) is 12.9. The summed E-state index contributed by atoms with van der Waals surface area (Å²) in [4.78, 5) is 27.6. The number of carbonyl (C=O) groups excluding carboxylic acids is 2. The minimum Gasteiger partial charge on any atom is -0.383 e. The number of carbonyl (C=O) groups is 2. The lowest BCUT2D eigenvalue weighted by Crippen LogP contribution is -2.33. The van der Waals surface area contributed by atoms with E-state index in [0.717, 1.165) is 43.7 Å². The van der Waals surface area contributed by atoms with E-state index in [1.165, 1.54) is 12.0 Å². The Balaban J connectivity index is 1.73. The quantitative estimate of drug-likeness (QED) is 0.553. The highest BCUT2D eigenvalue weighted by atomic mass is 16.5. The number of methoxy groups -OCH3 is 1. The molecule has 1 aliphatic heterocycles. The highest BCUT2D eigenvalue weighted by Crippen LogP contribution is 2.27. The number of ether oxygens (including phenoxy) is 1. The summed E-state index contributed by atoms with van der Waals surface area (Å²) in [6.07, 6.45) is 4.39. The zero-order chi connectivity index (χ0) is 22.1. The van der Waals surface area contributed by atoms with Crippen LogP contribution in [0.3, 0.4) is 0 Å². The monoisotopic (exact) mass is 424 g/mol. The van der Waals surface area contributed by atoms with Crippen molar-refractivity contribution in [2.24, 2.45) is 0 Å². The lowest BCUT2D eigenvalue weighted by molar-refractivity contribution is 0.0937. The number of benzene rings is 2. The van der Waals surface area contributed by atoms with Crippen molar-refractivity contribution in [2.45, 2.75) is 32.6 Å². The van der Waals surface area contributed by atoms with E-state index in [1.54, 1.807) is 13.2 Å². The van der Waals surface area contributed by atoms with E-state index in [1.807, 2.05) is 36.4 Å². The van der Waals surface area contributed by atoms with Gasteiger partial charge in [-0.15, -0.1) is 0 Å². The van der Waals surface area contributed by atoms with E-state index in [4.69, 9.17) is 4.74 Å². The van der Waals surface area contributed by atoms with Gasteiger partial charge in [-0.1, -0.05) is 19.1 Å². The van der Waals surface area contributed by atoms with Crippen LogP contribution in [-0.2, 0) is 11.2 Å². The topological polar surface area (TPSA) is 82.7 Å². The van der Waals surface area contributed by atoms with Crippen LogP contribution in [0.2, 0.25) is 0 Å². The van der Waals surface area contributed by atoms with Crippen molar-refractivity contribution in [1.29, 1.82) is 0 Å². The standard InChI is InChI=1S/C24H32N4O3/c1-3-18-7-9-19(10-8-18)26-24(30)27-20-11-12-22(28-14-5-4-6-15-28)21(17-20)23(29)25-13-16-31-2/h7-12,17H,3-6,13-16H2,1-2H3,(H,25,29)(H2,26,27,30). The molecule has 1 heterocycles. The van der Waals surface area contributed by atoms with Gasteiger partial charge in [0, 0.05) is 43.8 Å². The van der Waals surface area contributed by atoms with Crippen LogP contribution in [0.1, 0.15) is 42.1 Å². The first-order valence-corrected chi connectivity index (χ1v) is 10.9. The largest absolute Gasteiger partial charge is 0.383 e. The molecule has 1 fully saturated rings. The molecule has 0 unspecified atom stereocenters.